The van der Waals surface area contributed by atoms with Gasteiger partial charge in [-0.3, -0.25) is 9.59 Å². The monoisotopic (exact) mass is 490 g/mol. The maximum Gasteiger partial charge on any atom is 0.416 e. The van der Waals surface area contributed by atoms with Gasteiger partial charge in [0.2, 0.25) is 5.91 Å². The Balaban J connectivity index is 1.41. The number of nitrogens with one attached hydrogen (secondary N) is 2. The first kappa shape index (κ1) is 24.5. The van der Waals surface area contributed by atoms with Crippen LogP contribution in [0, 0.1) is 12.8 Å². The number of aromatic nitrogens is 1. The van der Waals surface area contributed by atoms with Crippen LogP contribution >= 0.6 is 0 Å². The molecule has 2 heterocycles. The standard InChI is InChI=1S/C24H25F3N4O4/c1-13-11-16(6-7-17(13)24(25,26)27)28-23(35)31-10-2-3-19(31)21(32)30-20-9-5-14-12-15(22(33)34)4-8-18(14)29-20/h5-7,9,11,15,19H,2-4,8,10,12H2,1H3,(H,28,35)(H,33,34)(H,29,30,32)/t15?,19-/m1/s1. The number of fused-ring (bicyclic) bond motifs is 1. The number of carboxylic acids is 1. The van der Waals surface area contributed by atoms with Crippen LogP contribution in [0.3, 0.4) is 0 Å². The molecule has 2 atom stereocenters. The number of carbonyl (C=O) groups excluding carboxylic acids is 2. The zero-order chi connectivity index (χ0) is 25.3. The third kappa shape index (κ3) is 5.39. The summed E-state index contributed by atoms with van der Waals surface area (Å²) in [6, 6.07) is 5.41. The molecule has 3 amide bonds. The van der Waals surface area contributed by atoms with Gasteiger partial charge in [-0.15, -0.1) is 0 Å². The average molecular weight is 490 g/mol. The molecule has 0 radical (unpaired) electrons. The van der Waals surface area contributed by atoms with E-state index in [4.69, 9.17) is 0 Å². The normalized spacial score (nSPS) is 19.7. The van der Waals surface area contributed by atoms with Crippen molar-refractivity contribution in [3.8, 4) is 0 Å². The molecule has 0 saturated carbocycles. The summed E-state index contributed by atoms with van der Waals surface area (Å²) in [5, 5.41) is 14.5. The van der Waals surface area contributed by atoms with Gasteiger partial charge in [-0.1, -0.05) is 6.07 Å². The van der Waals surface area contributed by atoms with Crippen molar-refractivity contribution in [2.75, 3.05) is 17.2 Å². The molecular weight excluding hydrogens is 465 g/mol. The minimum atomic E-state index is -4.48. The molecule has 2 aromatic rings. The minimum Gasteiger partial charge on any atom is -0.481 e. The number of hydrogen-bond donors (Lipinski definition) is 3. The highest BCUT2D eigenvalue weighted by Crippen LogP contribution is 2.33. The van der Waals surface area contributed by atoms with Crippen LogP contribution in [0.5, 0.6) is 0 Å². The van der Waals surface area contributed by atoms with Gasteiger partial charge in [-0.2, -0.15) is 13.2 Å². The number of aryl methyl sites for hydroxylation is 2. The fourth-order valence-electron chi connectivity index (χ4n) is 4.64. The van der Waals surface area contributed by atoms with Crippen LogP contribution < -0.4 is 10.6 Å². The van der Waals surface area contributed by atoms with Crippen LogP contribution in [0.25, 0.3) is 0 Å². The fraction of sp³-hybridized carbons (Fsp3) is 0.417. The van der Waals surface area contributed by atoms with Gasteiger partial charge >= 0.3 is 18.2 Å². The Bertz CT molecular complexity index is 1170. The Kier molecular flexibility index (Phi) is 6.68. The Morgan fingerprint density at radius 3 is 2.57 bits per heavy atom. The number of hydrogen-bond acceptors (Lipinski definition) is 4. The van der Waals surface area contributed by atoms with Crippen LogP contribution in [0.1, 0.15) is 41.6 Å². The Hall–Kier alpha value is -3.63. The van der Waals surface area contributed by atoms with Crippen molar-refractivity contribution in [1.82, 2.24) is 9.88 Å². The summed E-state index contributed by atoms with van der Waals surface area (Å²) in [5.74, 6) is -1.36. The molecule has 0 spiro atoms. The van der Waals surface area contributed by atoms with Crippen LogP contribution in [0.4, 0.5) is 29.5 Å². The predicted octanol–water partition coefficient (Wildman–Crippen LogP) is 4.23. The van der Waals surface area contributed by atoms with Crippen molar-refractivity contribution < 1.29 is 32.7 Å². The number of likely N-dealkylation sites (tertiary alicyclic amines) is 1. The summed E-state index contributed by atoms with van der Waals surface area (Å²) < 4.78 is 38.9. The summed E-state index contributed by atoms with van der Waals surface area (Å²) in [7, 11) is 0. The third-order valence-electron chi connectivity index (χ3n) is 6.46. The lowest BCUT2D eigenvalue weighted by atomic mass is 9.87. The minimum absolute atomic E-state index is 0.0147. The number of pyridine rings is 1. The third-order valence-corrected chi connectivity index (χ3v) is 6.46. The topological polar surface area (TPSA) is 112 Å². The molecular formula is C24H25F3N4O4. The maximum atomic E-state index is 13.0. The first-order chi connectivity index (χ1) is 16.5. The van der Waals surface area contributed by atoms with E-state index in [0.717, 1.165) is 17.3 Å². The fourth-order valence-corrected chi connectivity index (χ4v) is 4.64. The zero-order valence-electron chi connectivity index (χ0n) is 19.0. The summed E-state index contributed by atoms with van der Waals surface area (Å²) in [5.41, 5.74) is 1.01. The number of anilines is 2. The lowest BCUT2D eigenvalue weighted by molar-refractivity contribution is -0.142. The van der Waals surface area contributed by atoms with Crippen molar-refractivity contribution in [1.29, 1.82) is 0 Å². The Morgan fingerprint density at radius 2 is 1.89 bits per heavy atom. The van der Waals surface area contributed by atoms with E-state index >= 15 is 0 Å². The molecule has 8 nitrogen and oxygen atoms in total. The average Bonchev–Trinajstić information content (AvgIpc) is 3.28. The summed E-state index contributed by atoms with van der Waals surface area (Å²) in [6.45, 7) is 1.65. The van der Waals surface area contributed by atoms with E-state index in [0.29, 0.717) is 44.5 Å². The molecule has 1 aliphatic carbocycles. The van der Waals surface area contributed by atoms with E-state index in [1.165, 1.54) is 24.0 Å². The van der Waals surface area contributed by atoms with Crippen LogP contribution in [-0.2, 0) is 28.6 Å². The first-order valence-electron chi connectivity index (χ1n) is 11.3. The molecule has 1 unspecified atom stereocenters. The molecule has 1 aliphatic heterocycles. The van der Waals surface area contributed by atoms with Gasteiger partial charge in [-0.25, -0.2) is 9.78 Å². The van der Waals surface area contributed by atoms with Crippen LogP contribution in [0.2, 0.25) is 0 Å². The van der Waals surface area contributed by atoms with Gasteiger partial charge in [0.25, 0.3) is 0 Å². The van der Waals surface area contributed by atoms with Crippen LogP contribution in [-0.4, -0.2) is 45.5 Å². The number of aliphatic carboxylic acids is 1. The highest BCUT2D eigenvalue weighted by atomic mass is 19.4. The molecule has 4 rings (SSSR count). The SMILES string of the molecule is Cc1cc(NC(=O)N2CCC[C@@H]2C(=O)Nc2ccc3c(n2)CCC(C(=O)O)C3)ccc1C(F)(F)F. The number of amides is 3. The van der Waals surface area contributed by atoms with Crippen molar-refractivity contribution in [3.63, 3.8) is 0 Å². The van der Waals surface area contributed by atoms with Gasteiger partial charge < -0.3 is 20.6 Å². The predicted molar refractivity (Wildman–Crippen MR) is 121 cm³/mol. The van der Waals surface area contributed by atoms with Crippen molar-refractivity contribution >= 4 is 29.4 Å². The quantitative estimate of drug-likeness (QED) is 0.594. The lowest BCUT2D eigenvalue weighted by Crippen LogP contribution is -2.45. The van der Waals surface area contributed by atoms with Gasteiger partial charge in [0, 0.05) is 17.9 Å². The number of rotatable bonds is 4. The highest BCUT2D eigenvalue weighted by molar-refractivity contribution is 5.99. The molecule has 0 bridgehead atoms. The summed E-state index contributed by atoms with van der Waals surface area (Å²) >= 11 is 0. The number of carbonyl (C=O) groups is 3. The molecule has 35 heavy (non-hydrogen) atoms. The molecule has 1 aromatic carbocycles. The number of carboxylic acid groups (broad SMARTS) is 1. The molecule has 3 N–H and O–H groups in total. The van der Waals surface area contributed by atoms with E-state index in [1.54, 1.807) is 12.1 Å². The largest absolute Gasteiger partial charge is 0.481 e. The number of nitrogens with zero attached hydrogens (tertiary/aromatic N) is 2. The highest BCUT2D eigenvalue weighted by Gasteiger charge is 2.35. The second-order valence-corrected chi connectivity index (χ2v) is 8.88. The molecule has 11 heteroatoms. The van der Waals surface area contributed by atoms with Crippen molar-refractivity contribution in [2.45, 2.75) is 51.2 Å². The van der Waals surface area contributed by atoms with E-state index < -0.39 is 41.6 Å². The summed E-state index contributed by atoms with van der Waals surface area (Å²) in [4.78, 5) is 42.8. The van der Waals surface area contributed by atoms with Gasteiger partial charge in [0.1, 0.15) is 11.9 Å². The Morgan fingerprint density at radius 1 is 1.11 bits per heavy atom. The molecule has 1 fully saturated rings. The maximum absolute atomic E-state index is 13.0. The smallest absolute Gasteiger partial charge is 0.416 e. The van der Waals surface area contributed by atoms with Gasteiger partial charge in [-0.05, 0) is 74.4 Å². The van der Waals surface area contributed by atoms with E-state index in [9.17, 15) is 32.7 Å². The molecule has 2 aliphatic rings. The van der Waals surface area contributed by atoms with E-state index in [-0.39, 0.29) is 11.3 Å². The molecule has 1 aromatic heterocycles. The van der Waals surface area contributed by atoms with Crippen molar-refractivity contribution in [2.24, 2.45) is 5.92 Å². The second-order valence-electron chi connectivity index (χ2n) is 8.88. The number of urea groups is 1. The molecule has 1 saturated heterocycles. The second kappa shape index (κ2) is 9.55. The van der Waals surface area contributed by atoms with Gasteiger partial charge in [0.05, 0.1) is 11.5 Å². The first-order valence-corrected chi connectivity index (χ1v) is 11.3. The number of halogens is 3. The van der Waals surface area contributed by atoms with Crippen molar-refractivity contribution in [3.05, 3.63) is 52.7 Å². The molecule has 186 valence electrons. The van der Waals surface area contributed by atoms with E-state index in [1.807, 2.05) is 0 Å². The summed E-state index contributed by atoms with van der Waals surface area (Å²) in [6.07, 6.45) is -2.06. The van der Waals surface area contributed by atoms with E-state index in [2.05, 4.69) is 15.6 Å². The van der Waals surface area contributed by atoms with Gasteiger partial charge in [0.15, 0.2) is 0 Å². The van der Waals surface area contributed by atoms with Crippen LogP contribution in [0.15, 0.2) is 30.3 Å². The Labute approximate surface area is 199 Å². The lowest BCUT2D eigenvalue weighted by Gasteiger charge is -2.25. The number of benzene rings is 1. The zero-order valence-corrected chi connectivity index (χ0v) is 19.0. The number of alkyl halides is 3.